The molecule has 0 saturated carbocycles. The van der Waals surface area contributed by atoms with Crippen molar-refractivity contribution in [2.45, 2.75) is 32.0 Å². The maximum absolute atomic E-state index is 13.1. The second kappa shape index (κ2) is 13.2. The summed E-state index contributed by atoms with van der Waals surface area (Å²) in [6.45, 7) is 3.73. The fourth-order valence-electron chi connectivity index (χ4n) is 3.89. The van der Waals surface area contributed by atoms with Crippen LogP contribution in [0.2, 0.25) is 0 Å². The Kier molecular flexibility index (Phi) is 10.1. The number of rotatable bonds is 7. The molecule has 0 unspecified atom stereocenters. The van der Waals surface area contributed by atoms with Gasteiger partial charge in [-0.15, -0.1) is 24.0 Å². The van der Waals surface area contributed by atoms with Gasteiger partial charge in [-0.1, -0.05) is 30.3 Å². The first-order chi connectivity index (χ1) is 16.2. The first-order valence-electron chi connectivity index (χ1n) is 11.3. The SMILES string of the molecule is CN=C(NCc1ccnc(Oc2ccc(F)cc2)c1)NC1CCN(Cc2ccccc2)CC1.I. The summed E-state index contributed by atoms with van der Waals surface area (Å²) in [4.78, 5) is 11.1. The van der Waals surface area contributed by atoms with Gasteiger partial charge in [-0.3, -0.25) is 9.89 Å². The van der Waals surface area contributed by atoms with E-state index in [1.807, 2.05) is 12.1 Å². The molecule has 1 aromatic heterocycles. The molecule has 2 heterocycles. The van der Waals surface area contributed by atoms with Gasteiger partial charge in [0, 0.05) is 51.5 Å². The van der Waals surface area contributed by atoms with Gasteiger partial charge in [0.1, 0.15) is 11.6 Å². The summed E-state index contributed by atoms with van der Waals surface area (Å²) in [7, 11) is 1.79. The summed E-state index contributed by atoms with van der Waals surface area (Å²) in [5, 5.41) is 6.92. The maximum atomic E-state index is 13.1. The number of aromatic nitrogens is 1. The summed E-state index contributed by atoms with van der Waals surface area (Å²) in [6, 6.07) is 20.7. The highest BCUT2D eigenvalue weighted by atomic mass is 127. The van der Waals surface area contributed by atoms with E-state index in [0.29, 0.717) is 24.2 Å². The van der Waals surface area contributed by atoms with Crippen molar-refractivity contribution in [2.75, 3.05) is 20.1 Å². The molecule has 2 aromatic carbocycles. The Balaban J connectivity index is 0.00000324. The summed E-state index contributed by atoms with van der Waals surface area (Å²) >= 11 is 0. The van der Waals surface area contributed by atoms with E-state index in [2.05, 4.69) is 55.8 Å². The topological polar surface area (TPSA) is 61.8 Å². The van der Waals surface area contributed by atoms with Crippen LogP contribution in [0.1, 0.15) is 24.0 Å². The number of halogens is 2. The summed E-state index contributed by atoms with van der Waals surface area (Å²) in [5.41, 5.74) is 2.38. The summed E-state index contributed by atoms with van der Waals surface area (Å²) in [5.74, 6) is 1.50. The minimum absolute atomic E-state index is 0. The quantitative estimate of drug-likeness (QED) is 0.237. The Morgan fingerprint density at radius 3 is 2.50 bits per heavy atom. The van der Waals surface area contributed by atoms with Gasteiger partial charge < -0.3 is 15.4 Å². The molecule has 1 aliphatic rings. The van der Waals surface area contributed by atoms with Crippen molar-refractivity contribution in [2.24, 2.45) is 4.99 Å². The molecule has 8 heteroatoms. The Morgan fingerprint density at radius 1 is 1.06 bits per heavy atom. The molecule has 1 saturated heterocycles. The Hall–Kier alpha value is -2.72. The van der Waals surface area contributed by atoms with Gasteiger partial charge in [-0.25, -0.2) is 9.37 Å². The van der Waals surface area contributed by atoms with E-state index < -0.39 is 0 Å². The number of pyridine rings is 1. The number of benzene rings is 2. The molecule has 6 nitrogen and oxygen atoms in total. The second-order valence-corrected chi connectivity index (χ2v) is 8.16. The van der Waals surface area contributed by atoms with Crippen molar-refractivity contribution >= 4 is 29.9 Å². The summed E-state index contributed by atoms with van der Waals surface area (Å²) < 4.78 is 18.8. The Labute approximate surface area is 217 Å². The largest absolute Gasteiger partial charge is 0.439 e. The molecule has 0 bridgehead atoms. The van der Waals surface area contributed by atoms with Crippen LogP contribution in [0.4, 0.5) is 4.39 Å². The van der Waals surface area contributed by atoms with E-state index in [4.69, 9.17) is 4.74 Å². The first kappa shape index (κ1) is 25.9. The van der Waals surface area contributed by atoms with Gasteiger partial charge >= 0.3 is 0 Å². The maximum Gasteiger partial charge on any atom is 0.219 e. The lowest BCUT2D eigenvalue weighted by Gasteiger charge is -2.33. The number of aliphatic imine (C=N–C) groups is 1. The molecule has 0 aliphatic carbocycles. The van der Waals surface area contributed by atoms with Crippen molar-refractivity contribution in [3.05, 3.63) is 89.9 Å². The Morgan fingerprint density at radius 2 is 1.79 bits per heavy atom. The van der Waals surface area contributed by atoms with Crippen molar-refractivity contribution in [3.63, 3.8) is 0 Å². The van der Waals surface area contributed by atoms with Crippen LogP contribution >= 0.6 is 24.0 Å². The minimum atomic E-state index is -0.297. The van der Waals surface area contributed by atoms with Crippen LogP contribution in [0.25, 0.3) is 0 Å². The van der Waals surface area contributed by atoms with Gasteiger partial charge in [-0.2, -0.15) is 0 Å². The number of nitrogens with zero attached hydrogens (tertiary/aromatic N) is 3. The highest BCUT2D eigenvalue weighted by Crippen LogP contribution is 2.20. The molecule has 0 radical (unpaired) electrons. The summed E-state index contributed by atoms with van der Waals surface area (Å²) in [6.07, 6.45) is 3.87. The van der Waals surface area contributed by atoms with Crippen molar-refractivity contribution in [3.8, 4) is 11.6 Å². The zero-order chi connectivity index (χ0) is 22.9. The molecule has 0 atom stereocenters. The zero-order valence-corrected chi connectivity index (χ0v) is 21.6. The molecule has 3 aromatic rings. The van der Waals surface area contributed by atoms with Crippen LogP contribution in [-0.2, 0) is 13.1 Å². The number of hydrogen-bond acceptors (Lipinski definition) is 4. The van der Waals surface area contributed by atoms with Crippen LogP contribution < -0.4 is 15.4 Å². The number of ether oxygens (including phenoxy) is 1. The predicted octanol–water partition coefficient (Wildman–Crippen LogP) is 4.96. The normalized spacial score (nSPS) is 14.8. The third-order valence-corrected chi connectivity index (χ3v) is 5.70. The van der Waals surface area contributed by atoms with Gasteiger partial charge in [0.15, 0.2) is 5.96 Å². The third kappa shape index (κ3) is 7.95. The first-order valence-corrected chi connectivity index (χ1v) is 11.3. The molecule has 2 N–H and O–H groups in total. The second-order valence-electron chi connectivity index (χ2n) is 8.16. The molecule has 4 rings (SSSR count). The minimum Gasteiger partial charge on any atom is -0.439 e. The van der Waals surface area contributed by atoms with Crippen molar-refractivity contribution in [1.82, 2.24) is 20.5 Å². The Bertz CT molecular complexity index is 1040. The lowest BCUT2D eigenvalue weighted by Crippen LogP contribution is -2.48. The number of piperidine rings is 1. The molecule has 0 amide bonds. The van der Waals surface area contributed by atoms with E-state index >= 15 is 0 Å². The van der Waals surface area contributed by atoms with Crippen molar-refractivity contribution < 1.29 is 9.13 Å². The fourth-order valence-corrected chi connectivity index (χ4v) is 3.89. The van der Waals surface area contributed by atoms with Crippen LogP contribution in [0.5, 0.6) is 11.6 Å². The van der Waals surface area contributed by atoms with Crippen LogP contribution in [-0.4, -0.2) is 42.0 Å². The number of likely N-dealkylation sites (tertiary alicyclic amines) is 1. The highest BCUT2D eigenvalue weighted by molar-refractivity contribution is 14.0. The van der Waals surface area contributed by atoms with E-state index in [9.17, 15) is 4.39 Å². The van der Waals surface area contributed by atoms with E-state index in [1.54, 1.807) is 25.4 Å². The molecular weight excluding hydrogens is 544 g/mol. The van der Waals surface area contributed by atoms with E-state index in [-0.39, 0.29) is 29.8 Å². The molecule has 0 spiro atoms. The van der Waals surface area contributed by atoms with Gasteiger partial charge in [0.2, 0.25) is 5.88 Å². The predicted molar refractivity (Wildman–Crippen MR) is 144 cm³/mol. The monoisotopic (exact) mass is 575 g/mol. The smallest absolute Gasteiger partial charge is 0.219 e. The lowest BCUT2D eigenvalue weighted by atomic mass is 10.0. The number of hydrogen-bond donors (Lipinski definition) is 2. The number of nitrogens with one attached hydrogen (secondary N) is 2. The number of guanidine groups is 1. The van der Waals surface area contributed by atoms with Crippen LogP contribution in [0, 0.1) is 5.82 Å². The average Bonchev–Trinajstić information content (AvgIpc) is 2.85. The van der Waals surface area contributed by atoms with Gasteiger partial charge in [0.05, 0.1) is 0 Å². The third-order valence-electron chi connectivity index (χ3n) is 5.70. The van der Waals surface area contributed by atoms with Crippen LogP contribution in [0.15, 0.2) is 77.9 Å². The van der Waals surface area contributed by atoms with E-state index in [0.717, 1.165) is 44.0 Å². The van der Waals surface area contributed by atoms with Crippen molar-refractivity contribution in [1.29, 1.82) is 0 Å². The fraction of sp³-hybridized carbons (Fsp3) is 0.308. The van der Waals surface area contributed by atoms with E-state index in [1.165, 1.54) is 17.7 Å². The molecule has 34 heavy (non-hydrogen) atoms. The molecule has 180 valence electrons. The standard InChI is InChI=1S/C26H30FN5O.HI/c1-28-26(31-23-12-15-32(16-13-23)19-20-5-3-2-4-6-20)30-18-21-11-14-29-25(17-21)33-24-9-7-22(27)8-10-24;/h2-11,14,17,23H,12-13,15-16,18-19H2,1H3,(H2,28,30,31);1H. The van der Waals surface area contributed by atoms with Gasteiger partial charge in [-0.05, 0) is 54.3 Å². The van der Waals surface area contributed by atoms with Gasteiger partial charge in [0.25, 0.3) is 0 Å². The zero-order valence-electron chi connectivity index (χ0n) is 19.3. The lowest BCUT2D eigenvalue weighted by molar-refractivity contribution is 0.198. The molecular formula is C26H31FIN5O. The molecule has 1 fully saturated rings. The average molecular weight is 575 g/mol. The molecule has 1 aliphatic heterocycles. The highest BCUT2D eigenvalue weighted by Gasteiger charge is 2.20. The van der Waals surface area contributed by atoms with Crippen LogP contribution in [0.3, 0.4) is 0 Å².